The van der Waals surface area contributed by atoms with E-state index in [1.807, 2.05) is 43.3 Å². The number of carbonyl (C=O) groups is 1. The highest BCUT2D eigenvalue weighted by atomic mass is 35.5. The predicted octanol–water partition coefficient (Wildman–Crippen LogP) is 5.47. The first kappa shape index (κ1) is 25.1. The minimum atomic E-state index is -2.87. The zero-order valence-corrected chi connectivity index (χ0v) is 21.0. The standard InChI is InChI=1S/C27H26ClF2N5O2/c1-16-4-10-20(11-5-16)35-25-22(3-2-12-31-25)34(27(35)37)15-17-6-8-19(9-7-17)33-26(36)21-13-18(28)14-32-23(21)24(29)30/h2-5,10-14,17,19,24H,6-9,15H2,1H3,(H,33,36). The summed E-state index contributed by atoms with van der Waals surface area (Å²) in [4.78, 5) is 34.3. The summed E-state index contributed by atoms with van der Waals surface area (Å²) in [6, 6.07) is 12.6. The molecule has 1 aromatic carbocycles. The fourth-order valence-electron chi connectivity index (χ4n) is 5.01. The summed E-state index contributed by atoms with van der Waals surface area (Å²) in [5, 5.41) is 2.99. The summed E-state index contributed by atoms with van der Waals surface area (Å²) in [5.41, 5.74) is 2.35. The van der Waals surface area contributed by atoms with Crippen molar-refractivity contribution in [2.75, 3.05) is 0 Å². The minimum absolute atomic E-state index is 0.128. The molecule has 1 amide bonds. The Bertz CT molecular complexity index is 1490. The van der Waals surface area contributed by atoms with Gasteiger partial charge in [-0.05, 0) is 68.9 Å². The molecule has 1 N–H and O–H groups in total. The predicted molar refractivity (Wildman–Crippen MR) is 137 cm³/mol. The quantitative estimate of drug-likeness (QED) is 0.362. The van der Waals surface area contributed by atoms with E-state index in [0.717, 1.165) is 35.8 Å². The highest BCUT2D eigenvalue weighted by Crippen LogP contribution is 2.28. The first-order valence-electron chi connectivity index (χ1n) is 12.2. The largest absolute Gasteiger partial charge is 0.349 e. The summed E-state index contributed by atoms with van der Waals surface area (Å²) >= 11 is 5.88. The maximum Gasteiger partial charge on any atom is 0.334 e. The monoisotopic (exact) mass is 525 g/mol. The van der Waals surface area contributed by atoms with Crippen LogP contribution in [0.15, 0.2) is 59.7 Å². The number of rotatable bonds is 6. The van der Waals surface area contributed by atoms with E-state index in [2.05, 4.69) is 15.3 Å². The molecule has 7 nitrogen and oxygen atoms in total. The van der Waals surface area contributed by atoms with Crippen LogP contribution in [0.4, 0.5) is 8.78 Å². The lowest BCUT2D eigenvalue weighted by Crippen LogP contribution is -2.39. The average molecular weight is 526 g/mol. The third-order valence-electron chi connectivity index (χ3n) is 6.94. The number of hydrogen-bond donors (Lipinski definition) is 1. The summed E-state index contributed by atoms with van der Waals surface area (Å²) in [7, 11) is 0. The van der Waals surface area contributed by atoms with Crippen molar-refractivity contribution >= 4 is 28.7 Å². The van der Waals surface area contributed by atoms with Gasteiger partial charge in [-0.2, -0.15) is 0 Å². The van der Waals surface area contributed by atoms with E-state index in [1.165, 1.54) is 6.07 Å². The number of nitrogens with one attached hydrogen (secondary N) is 1. The highest BCUT2D eigenvalue weighted by molar-refractivity contribution is 6.30. The third kappa shape index (κ3) is 5.13. The maximum atomic E-state index is 13.5. The number of halogens is 3. The molecule has 0 spiro atoms. The summed E-state index contributed by atoms with van der Waals surface area (Å²) in [6.45, 7) is 2.53. The van der Waals surface area contributed by atoms with Gasteiger partial charge in [-0.3, -0.25) is 14.3 Å². The number of amides is 1. The maximum absolute atomic E-state index is 13.5. The van der Waals surface area contributed by atoms with Gasteiger partial charge in [-0.15, -0.1) is 0 Å². The van der Waals surface area contributed by atoms with Crippen LogP contribution >= 0.6 is 11.6 Å². The van der Waals surface area contributed by atoms with Crippen molar-refractivity contribution in [3.63, 3.8) is 0 Å². The van der Waals surface area contributed by atoms with Gasteiger partial charge in [-0.1, -0.05) is 29.3 Å². The van der Waals surface area contributed by atoms with E-state index in [1.54, 1.807) is 15.3 Å². The Hall–Kier alpha value is -3.59. The Labute approximate surface area is 217 Å². The van der Waals surface area contributed by atoms with Crippen molar-refractivity contribution in [1.82, 2.24) is 24.4 Å². The second-order valence-electron chi connectivity index (χ2n) is 9.49. The molecule has 4 aromatic rings. The van der Waals surface area contributed by atoms with E-state index >= 15 is 0 Å². The Morgan fingerprint density at radius 2 is 1.86 bits per heavy atom. The van der Waals surface area contributed by atoms with Gasteiger partial charge in [0.2, 0.25) is 0 Å². The molecule has 192 valence electrons. The topological polar surface area (TPSA) is 81.8 Å². The third-order valence-corrected chi connectivity index (χ3v) is 7.15. The molecule has 10 heteroatoms. The van der Waals surface area contributed by atoms with Crippen LogP contribution in [-0.2, 0) is 6.54 Å². The number of alkyl halides is 2. The molecule has 37 heavy (non-hydrogen) atoms. The first-order valence-corrected chi connectivity index (χ1v) is 12.6. The van der Waals surface area contributed by atoms with E-state index in [-0.39, 0.29) is 28.2 Å². The van der Waals surface area contributed by atoms with Crippen LogP contribution in [0.2, 0.25) is 5.02 Å². The zero-order chi connectivity index (χ0) is 26.1. The number of hydrogen-bond acceptors (Lipinski definition) is 4. The van der Waals surface area contributed by atoms with Gasteiger partial charge in [0, 0.05) is 25.0 Å². The van der Waals surface area contributed by atoms with Crippen LogP contribution in [0.25, 0.3) is 16.9 Å². The van der Waals surface area contributed by atoms with Gasteiger partial charge in [0.1, 0.15) is 5.69 Å². The number of aryl methyl sites for hydroxylation is 1. The Kier molecular flexibility index (Phi) is 7.06. The van der Waals surface area contributed by atoms with Crippen molar-refractivity contribution in [2.45, 2.75) is 51.6 Å². The van der Waals surface area contributed by atoms with Crippen LogP contribution in [0, 0.1) is 12.8 Å². The molecule has 3 heterocycles. The van der Waals surface area contributed by atoms with Gasteiger partial charge < -0.3 is 5.32 Å². The molecular weight excluding hydrogens is 500 g/mol. The Balaban J connectivity index is 1.30. The SMILES string of the molecule is Cc1ccc(-n2c(=O)n(CC3CCC(NC(=O)c4cc(Cl)cnc4C(F)F)CC3)c3cccnc32)cc1. The fourth-order valence-corrected chi connectivity index (χ4v) is 5.16. The number of nitrogens with zero attached hydrogens (tertiary/aromatic N) is 4. The van der Waals surface area contributed by atoms with Crippen molar-refractivity contribution in [3.05, 3.63) is 87.2 Å². The highest BCUT2D eigenvalue weighted by Gasteiger charge is 2.27. The molecule has 0 radical (unpaired) electrons. The van der Waals surface area contributed by atoms with Gasteiger partial charge in [0.25, 0.3) is 12.3 Å². The molecule has 5 rings (SSSR count). The molecule has 1 saturated carbocycles. The smallest absolute Gasteiger partial charge is 0.334 e. The molecule has 0 unspecified atom stereocenters. The van der Waals surface area contributed by atoms with Gasteiger partial charge in [0.15, 0.2) is 5.65 Å². The van der Waals surface area contributed by atoms with E-state index in [4.69, 9.17) is 11.6 Å². The summed E-state index contributed by atoms with van der Waals surface area (Å²) < 4.78 is 30.0. The molecule has 0 aliphatic heterocycles. The lowest BCUT2D eigenvalue weighted by atomic mass is 9.85. The number of pyridine rings is 2. The van der Waals surface area contributed by atoms with Gasteiger partial charge in [-0.25, -0.2) is 23.1 Å². The van der Waals surface area contributed by atoms with Gasteiger partial charge in [0.05, 0.1) is 21.8 Å². The second kappa shape index (κ2) is 10.4. The number of fused-ring (bicyclic) bond motifs is 1. The number of benzene rings is 1. The van der Waals surface area contributed by atoms with Crippen molar-refractivity contribution in [1.29, 1.82) is 0 Å². The van der Waals surface area contributed by atoms with Crippen LogP contribution in [0.5, 0.6) is 0 Å². The lowest BCUT2D eigenvalue weighted by molar-refractivity contribution is 0.0904. The molecule has 0 atom stereocenters. The number of imidazole rings is 1. The second-order valence-corrected chi connectivity index (χ2v) is 9.92. The molecule has 1 fully saturated rings. The van der Waals surface area contributed by atoms with Crippen molar-refractivity contribution < 1.29 is 13.6 Å². The Morgan fingerprint density at radius 1 is 1.14 bits per heavy atom. The minimum Gasteiger partial charge on any atom is -0.349 e. The average Bonchev–Trinajstić information content (AvgIpc) is 3.16. The summed E-state index contributed by atoms with van der Waals surface area (Å²) in [5.74, 6) is -0.371. The lowest BCUT2D eigenvalue weighted by Gasteiger charge is -2.29. The van der Waals surface area contributed by atoms with Crippen LogP contribution < -0.4 is 11.0 Å². The van der Waals surface area contributed by atoms with Crippen LogP contribution in [0.3, 0.4) is 0 Å². The number of carbonyl (C=O) groups excluding carboxylic acids is 1. The molecule has 1 aliphatic rings. The molecule has 1 aliphatic carbocycles. The van der Waals surface area contributed by atoms with Crippen molar-refractivity contribution in [3.8, 4) is 5.69 Å². The van der Waals surface area contributed by atoms with E-state index < -0.39 is 18.0 Å². The zero-order valence-electron chi connectivity index (χ0n) is 20.2. The molecule has 0 bridgehead atoms. The normalized spacial score (nSPS) is 17.9. The van der Waals surface area contributed by atoms with E-state index in [0.29, 0.717) is 25.0 Å². The van der Waals surface area contributed by atoms with Crippen LogP contribution in [-0.4, -0.2) is 31.1 Å². The Morgan fingerprint density at radius 3 is 2.57 bits per heavy atom. The molecule has 0 saturated heterocycles. The van der Waals surface area contributed by atoms with Crippen molar-refractivity contribution in [2.24, 2.45) is 5.92 Å². The molecule has 3 aromatic heterocycles. The first-order chi connectivity index (χ1) is 17.8. The fraction of sp³-hybridized carbons (Fsp3) is 0.333. The molecular formula is C27H26ClF2N5O2. The number of aromatic nitrogens is 4. The van der Waals surface area contributed by atoms with Gasteiger partial charge >= 0.3 is 5.69 Å². The van der Waals surface area contributed by atoms with E-state index in [9.17, 15) is 18.4 Å². The summed E-state index contributed by atoms with van der Waals surface area (Å²) in [6.07, 6.45) is 2.84. The van der Waals surface area contributed by atoms with Crippen LogP contribution in [0.1, 0.15) is 53.7 Å².